The maximum absolute atomic E-state index is 11.5. The van der Waals surface area contributed by atoms with Gasteiger partial charge in [0.15, 0.2) is 0 Å². The van der Waals surface area contributed by atoms with E-state index in [0.29, 0.717) is 13.2 Å². The summed E-state index contributed by atoms with van der Waals surface area (Å²) in [5.74, 6) is 0.672. The van der Waals surface area contributed by atoms with Crippen molar-refractivity contribution in [1.82, 2.24) is 19.7 Å². The number of likely N-dealkylation sites (N-methyl/N-ethyl adjacent to an activating group) is 1. The normalized spacial score (nSPS) is 11.2. The van der Waals surface area contributed by atoms with Crippen molar-refractivity contribution in [3.63, 3.8) is 0 Å². The van der Waals surface area contributed by atoms with E-state index in [1.165, 1.54) is 0 Å². The third kappa shape index (κ3) is 4.10. The molecule has 0 saturated heterocycles. The Bertz CT molecular complexity index is 376. The lowest BCUT2D eigenvalue weighted by molar-refractivity contribution is -0.144. The Morgan fingerprint density at radius 1 is 1.50 bits per heavy atom. The number of hydrogen-bond donors (Lipinski definition) is 0. The number of nitrogens with zero attached hydrogens (tertiary/aromatic N) is 4. The predicted octanol–water partition coefficient (Wildman–Crippen LogP) is 1.24. The number of hydrogen-bond acceptors (Lipinski definition) is 5. The number of ether oxygens (including phenoxy) is 1. The van der Waals surface area contributed by atoms with E-state index in [4.69, 9.17) is 4.74 Å². The van der Waals surface area contributed by atoms with Gasteiger partial charge in [0.2, 0.25) is 0 Å². The van der Waals surface area contributed by atoms with Crippen LogP contribution in [0.25, 0.3) is 0 Å². The van der Waals surface area contributed by atoms with Crippen LogP contribution in [0.4, 0.5) is 0 Å². The predicted molar refractivity (Wildman–Crippen MR) is 68.0 cm³/mol. The van der Waals surface area contributed by atoms with E-state index in [-0.39, 0.29) is 18.6 Å². The van der Waals surface area contributed by atoms with Crippen LogP contribution >= 0.6 is 0 Å². The van der Waals surface area contributed by atoms with Crippen LogP contribution in [0.3, 0.4) is 0 Å². The summed E-state index contributed by atoms with van der Waals surface area (Å²) < 4.78 is 6.82. The van der Waals surface area contributed by atoms with Gasteiger partial charge in [-0.25, -0.2) is 9.67 Å². The summed E-state index contributed by atoms with van der Waals surface area (Å²) in [7, 11) is 0. The van der Waals surface area contributed by atoms with Crippen molar-refractivity contribution in [3.05, 3.63) is 12.2 Å². The zero-order chi connectivity index (χ0) is 13.5. The Kier molecular flexibility index (Phi) is 5.77. The minimum absolute atomic E-state index is 0.199. The van der Waals surface area contributed by atoms with Gasteiger partial charge in [-0.15, -0.1) is 0 Å². The molecule has 1 heterocycles. The lowest BCUT2D eigenvalue weighted by Gasteiger charge is -2.19. The summed E-state index contributed by atoms with van der Waals surface area (Å²) in [5.41, 5.74) is 0. The van der Waals surface area contributed by atoms with Crippen molar-refractivity contribution in [2.45, 2.75) is 40.3 Å². The molecule has 0 radical (unpaired) electrons. The molecule has 0 atom stereocenters. The molecule has 0 amide bonds. The Balaban J connectivity index is 2.62. The molecule has 1 aromatic rings. The van der Waals surface area contributed by atoms with E-state index >= 15 is 0 Å². The van der Waals surface area contributed by atoms with Gasteiger partial charge in [0, 0.05) is 6.04 Å². The van der Waals surface area contributed by atoms with Crippen LogP contribution in [-0.2, 0) is 16.1 Å². The van der Waals surface area contributed by atoms with Crippen LogP contribution in [0.1, 0.15) is 39.6 Å². The third-order valence-corrected chi connectivity index (χ3v) is 2.61. The average Bonchev–Trinajstić information content (AvgIpc) is 2.76. The molecule has 0 unspecified atom stereocenters. The van der Waals surface area contributed by atoms with Crippen LogP contribution in [-0.4, -0.2) is 45.3 Å². The molecule has 0 bridgehead atoms. The SMILES string of the molecule is CCOC(=O)CN(CC)Cc1ncnn1C(C)C. The summed E-state index contributed by atoms with van der Waals surface area (Å²) in [4.78, 5) is 17.7. The average molecular weight is 254 g/mol. The molecule has 6 heteroatoms. The Labute approximate surface area is 108 Å². The largest absolute Gasteiger partial charge is 0.465 e. The van der Waals surface area contributed by atoms with E-state index in [9.17, 15) is 4.79 Å². The fraction of sp³-hybridized carbons (Fsp3) is 0.750. The van der Waals surface area contributed by atoms with Crippen molar-refractivity contribution in [2.75, 3.05) is 19.7 Å². The van der Waals surface area contributed by atoms with Crippen LogP contribution in [0.5, 0.6) is 0 Å². The van der Waals surface area contributed by atoms with Gasteiger partial charge in [-0.2, -0.15) is 5.10 Å². The number of carbonyl (C=O) groups excluding carboxylic acids is 1. The fourth-order valence-electron chi connectivity index (χ4n) is 1.69. The number of esters is 1. The van der Waals surface area contributed by atoms with Crippen LogP contribution < -0.4 is 0 Å². The molecule has 102 valence electrons. The summed E-state index contributed by atoms with van der Waals surface area (Å²) in [6.07, 6.45) is 1.55. The van der Waals surface area contributed by atoms with Crippen LogP contribution in [0, 0.1) is 0 Å². The van der Waals surface area contributed by atoms with E-state index in [1.54, 1.807) is 6.33 Å². The summed E-state index contributed by atoms with van der Waals surface area (Å²) >= 11 is 0. The zero-order valence-electron chi connectivity index (χ0n) is 11.6. The molecule has 0 aliphatic rings. The lowest BCUT2D eigenvalue weighted by Crippen LogP contribution is -2.31. The van der Waals surface area contributed by atoms with Gasteiger partial charge in [-0.3, -0.25) is 9.69 Å². The number of carbonyl (C=O) groups is 1. The molecule has 0 fully saturated rings. The van der Waals surface area contributed by atoms with E-state index in [2.05, 4.69) is 23.9 Å². The monoisotopic (exact) mass is 254 g/mol. The second-order valence-electron chi connectivity index (χ2n) is 4.32. The van der Waals surface area contributed by atoms with E-state index in [0.717, 1.165) is 12.4 Å². The smallest absolute Gasteiger partial charge is 0.320 e. The minimum Gasteiger partial charge on any atom is -0.465 e. The first-order valence-electron chi connectivity index (χ1n) is 6.34. The number of aromatic nitrogens is 3. The molecule has 0 saturated carbocycles. The Morgan fingerprint density at radius 2 is 2.22 bits per heavy atom. The van der Waals surface area contributed by atoms with E-state index in [1.807, 2.05) is 23.4 Å². The molecule has 6 nitrogen and oxygen atoms in total. The zero-order valence-corrected chi connectivity index (χ0v) is 11.6. The highest BCUT2D eigenvalue weighted by Crippen LogP contribution is 2.08. The summed E-state index contributed by atoms with van der Waals surface area (Å²) in [6, 6.07) is 0.267. The maximum Gasteiger partial charge on any atom is 0.320 e. The molecular weight excluding hydrogens is 232 g/mol. The highest BCUT2D eigenvalue weighted by molar-refractivity contribution is 5.71. The summed E-state index contributed by atoms with van der Waals surface area (Å²) in [5, 5.41) is 4.18. The van der Waals surface area contributed by atoms with Crippen molar-refractivity contribution in [3.8, 4) is 0 Å². The molecule has 0 aromatic carbocycles. The molecular formula is C12H22N4O2. The molecule has 1 rings (SSSR count). The summed E-state index contributed by atoms with van der Waals surface area (Å²) in [6.45, 7) is 10.0. The van der Waals surface area contributed by atoms with E-state index < -0.39 is 0 Å². The Hall–Kier alpha value is -1.43. The van der Waals surface area contributed by atoms with Gasteiger partial charge in [0.1, 0.15) is 12.2 Å². The molecule has 0 aliphatic carbocycles. The Morgan fingerprint density at radius 3 is 2.78 bits per heavy atom. The van der Waals surface area contributed by atoms with Gasteiger partial charge in [-0.05, 0) is 27.3 Å². The van der Waals surface area contributed by atoms with Gasteiger partial charge in [0.25, 0.3) is 0 Å². The first-order valence-corrected chi connectivity index (χ1v) is 6.34. The van der Waals surface area contributed by atoms with Crippen LogP contribution in [0.15, 0.2) is 6.33 Å². The first-order chi connectivity index (χ1) is 8.58. The molecule has 0 spiro atoms. The molecule has 18 heavy (non-hydrogen) atoms. The number of rotatable bonds is 7. The van der Waals surface area contributed by atoms with Gasteiger partial charge in [0.05, 0.1) is 19.7 Å². The first kappa shape index (κ1) is 14.6. The van der Waals surface area contributed by atoms with Gasteiger partial charge in [-0.1, -0.05) is 6.92 Å². The van der Waals surface area contributed by atoms with Crippen molar-refractivity contribution < 1.29 is 9.53 Å². The lowest BCUT2D eigenvalue weighted by atomic mass is 10.4. The topological polar surface area (TPSA) is 60.2 Å². The standard InChI is InChI=1S/C12H22N4O2/c1-5-15(8-12(17)18-6-2)7-11-13-9-14-16(11)10(3)4/h9-10H,5-8H2,1-4H3. The van der Waals surface area contributed by atoms with Crippen molar-refractivity contribution in [2.24, 2.45) is 0 Å². The molecule has 1 aromatic heterocycles. The minimum atomic E-state index is -0.199. The van der Waals surface area contributed by atoms with Crippen molar-refractivity contribution in [1.29, 1.82) is 0 Å². The maximum atomic E-state index is 11.5. The second kappa shape index (κ2) is 7.10. The highest BCUT2D eigenvalue weighted by atomic mass is 16.5. The molecule has 0 aliphatic heterocycles. The van der Waals surface area contributed by atoms with Gasteiger partial charge < -0.3 is 4.74 Å². The van der Waals surface area contributed by atoms with Crippen LogP contribution in [0.2, 0.25) is 0 Å². The van der Waals surface area contributed by atoms with Gasteiger partial charge >= 0.3 is 5.97 Å². The third-order valence-electron chi connectivity index (χ3n) is 2.61. The molecule has 0 N–H and O–H groups in total. The fourth-order valence-corrected chi connectivity index (χ4v) is 1.69. The van der Waals surface area contributed by atoms with Crippen molar-refractivity contribution >= 4 is 5.97 Å². The highest BCUT2D eigenvalue weighted by Gasteiger charge is 2.14. The second-order valence-corrected chi connectivity index (χ2v) is 4.32. The quantitative estimate of drug-likeness (QED) is 0.685.